The Kier molecular flexibility index (Phi) is 7.24. The number of hydrogen-bond acceptors (Lipinski definition) is 7. The number of carbonyl (C=O) groups is 1. The number of halogens is 4. The summed E-state index contributed by atoms with van der Waals surface area (Å²) in [5.41, 5.74) is -0.184. The zero-order chi connectivity index (χ0) is 26.1. The molecule has 0 radical (unpaired) electrons. The second-order valence-electron chi connectivity index (χ2n) is 7.56. The maximum absolute atomic E-state index is 15.1. The molecule has 3 rings (SSSR count). The van der Waals surface area contributed by atoms with Crippen molar-refractivity contribution < 1.29 is 32.2 Å². The lowest BCUT2D eigenvalue weighted by Gasteiger charge is -2.19. The number of aliphatic hydroxyl groups is 1. The normalized spacial score (nSPS) is 12.5. The monoisotopic (exact) mass is 498 g/mol. The van der Waals surface area contributed by atoms with Crippen LogP contribution in [0.5, 0.6) is 5.88 Å². The first kappa shape index (κ1) is 25.8. The van der Waals surface area contributed by atoms with E-state index in [1.165, 1.54) is 0 Å². The number of nitrogens with one attached hydrogen (secondary N) is 1. The highest BCUT2D eigenvalue weighted by molar-refractivity contribution is 6.06. The van der Waals surface area contributed by atoms with Gasteiger partial charge in [0, 0.05) is 12.7 Å². The van der Waals surface area contributed by atoms with Gasteiger partial charge in [-0.1, -0.05) is 0 Å². The van der Waals surface area contributed by atoms with E-state index in [9.17, 15) is 27.9 Å². The number of alkyl halides is 3. The van der Waals surface area contributed by atoms with Crippen LogP contribution in [0.4, 0.5) is 23.2 Å². The van der Waals surface area contributed by atoms with Gasteiger partial charge in [-0.05, 0) is 45.4 Å². The molecular weight excluding hydrogens is 476 g/mol. The molecule has 0 bridgehead atoms. The SMILES string of the molecule is CCn1c(CO)nn(-c2nc(O[C@@H](C)C(F)(F)F)c(C(=O)Nc3cc(C)cnc3C)cc2F)c1=O. The lowest BCUT2D eigenvalue weighted by atomic mass is 10.2. The second-order valence-corrected chi connectivity index (χ2v) is 7.56. The number of carbonyl (C=O) groups excluding carboxylic acids is 1. The predicted octanol–water partition coefficient (Wildman–Crippen LogP) is 2.67. The van der Waals surface area contributed by atoms with Crippen LogP contribution in [-0.2, 0) is 13.2 Å². The maximum Gasteiger partial charge on any atom is 0.425 e. The van der Waals surface area contributed by atoms with Gasteiger partial charge in [0.25, 0.3) is 5.91 Å². The lowest BCUT2D eigenvalue weighted by Crippen LogP contribution is -2.33. The van der Waals surface area contributed by atoms with Crippen LogP contribution in [-0.4, -0.2) is 47.6 Å². The van der Waals surface area contributed by atoms with E-state index in [0.717, 1.165) is 4.57 Å². The number of ether oxygens (including phenoxy) is 1. The maximum atomic E-state index is 15.1. The summed E-state index contributed by atoms with van der Waals surface area (Å²) in [6.45, 7) is 4.99. The Morgan fingerprint density at radius 2 is 1.97 bits per heavy atom. The van der Waals surface area contributed by atoms with Crippen molar-refractivity contribution in [1.29, 1.82) is 0 Å². The third-order valence-corrected chi connectivity index (χ3v) is 4.99. The van der Waals surface area contributed by atoms with Crippen molar-refractivity contribution in [2.45, 2.75) is 53.1 Å². The van der Waals surface area contributed by atoms with Crippen molar-refractivity contribution in [3.63, 3.8) is 0 Å². The first-order chi connectivity index (χ1) is 16.4. The Hall–Kier alpha value is -3.81. The third kappa shape index (κ3) is 5.31. The molecule has 35 heavy (non-hydrogen) atoms. The summed E-state index contributed by atoms with van der Waals surface area (Å²) in [6.07, 6.45) is -5.69. The van der Waals surface area contributed by atoms with Crippen molar-refractivity contribution in [2.24, 2.45) is 0 Å². The van der Waals surface area contributed by atoms with Crippen LogP contribution >= 0.6 is 0 Å². The molecule has 0 aliphatic rings. The average Bonchev–Trinajstić information content (AvgIpc) is 3.11. The van der Waals surface area contributed by atoms with Crippen molar-refractivity contribution in [2.75, 3.05) is 5.32 Å². The molecule has 1 atom stereocenters. The first-order valence-corrected chi connectivity index (χ1v) is 10.4. The minimum absolute atomic E-state index is 0.0786. The summed E-state index contributed by atoms with van der Waals surface area (Å²) in [4.78, 5) is 33.3. The molecule has 14 heteroatoms. The molecule has 2 N–H and O–H groups in total. The van der Waals surface area contributed by atoms with Crippen LogP contribution in [0, 0.1) is 19.7 Å². The number of hydrogen-bond donors (Lipinski definition) is 2. The van der Waals surface area contributed by atoms with Gasteiger partial charge in [-0.3, -0.25) is 14.3 Å². The van der Waals surface area contributed by atoms with Crippen LogP contribution in [0.1, 0.15) is 41.3 Å². The summed E-state index contributed by atoms with van der Waals surface area (Å²) in [5.74, 6) is -4.02. The molecule has 0 aliphatic carbocycles. The molecule has 1 amide bonds. The van der Waals surface area contributed by atoms with Gasteiger partial charge in [0.1, 0.15) is 12.2 Å². The average molecular weight is 498 g/mol. The van der Waals surface area contributed by atoms with Crippen LogP contribution in [0.25, 0.3) is 5.82 Å². The molecule has 0 fully saturated rings. The summed E-state index contributed by atoms with van der Waals surface area (Å²) in [5, 5.41) is 15.7. The van der Waals surface area contributed by atoms with Gasteiger partial charge in [0.15, 0.2) is 23.6 Å². The Balaban J connectivity index is 2.14. The highest BCUT2D eigenvalue weighted by Gasteiger charge is 2.39. The first-order valence-electron chi connectivity index (χ1n) is 10.4. The van der Waals surface area contributed by atoms with E-state index in [1.54, 1.807) is 33.0 Å². The molecule has 3 heterocycles. The van der Waals surface area contributed by atoms with Crippen molar-refractivity contribution in [1.82, 2.24) is 24.3 Å². The lowest BCUT2D eigenvalue weighted by molar-refractivity contribution is -0.190. The largest absolute Gasteiger partial charge is 0.464 e. The molecule has 0 spiro atoms. The van der Waals surface area contributed by atoms with Gasteiger partial charge >= 0.3 is 11.9 Å². The second kappa shape index (κ2) is 9.82. The predicted molar refractivity (Wildman–Crippen MR) is 115 cm³/mol. The molecule has 0 aliphatic heterocycles. The quantitative estimate of drug-likeness (QED) is 0.480. The van der Waals surface area contributed by atoms with E-state index in [1.807, 2.05) is 0 Å². The standard InChI is InChI=1S/C21H22F4N6O4/c1-5-30-16(9-32)29-31(20(30)34)17-14(22)7-13(19(28-17)35-12(4)21(23,24)25)18(33)27-15-6-10(2)8-26-11(15)3/h6-8,12,32H,5,9H2,1-4H3,(H,27,33)/t12-/m0/s1. The van der Waals surface area contributed by atoms with Crippen LogP contribution < -0.4 is 15.7 Å². The van der Waals surface area contributed by atoms with Crippen molar-refractivity contribution in [3.05, 3.63) is 57.3 Å². The number of aromatic nitrogens is 5. The number of pyridine rings is 2. The van der Waals surface area contributed by atoms with Crippen molar-refractivity contribution >= 4 is 11.6 Å². The van der Waals surface area contributed by atoms with E-state index >= 15 is 4.39 Å². The van der Waals surface area contributed by atoms with Crippen LogP contribution in [0.15, 0.2) is 23.1 Å². The fourth-order valence-corrected chi connectivity index (χ4v) is 3.06. The molecule has 0 saturated heterocycles. The van der Waals surface area contributed by atoms with E-state index in [-0.39, 0.29) is 18.1 Å². The fourth-order valence-electron chi connectivity index (χ4n) is 3.06. The highest BCUT2D eigenvalue weighted by atomic mass is 19.4. The minimum atomic E-state index is -4.83. The number of amides is 1. The molecule has 3 aromatic heterocycles. The Bertz CT molecular complexity index is 1320. The van der Waals surface area contributed by atoms with Crippen molar-refractivity contribution in [3.8, 4) is 11.7 Å². The topological polar surface area (TPSA) is 124 Å². The van der Waals surface area contributed by atoms with Gasteiger partial charge in [-0.25, -0.2) is 9.18 Å². The van der Waals surface area contributed by atoms with E-state index in [0.29, 0.717) is 28.9 Å². The van der Waals surface area contributed by atoms with E-state index in [2.05, 4.69) is 20.4 Å². The van der Waals surface area contributed by atoms with Crippen LogP contribution in [0.3, 0.4) is 0 Å². The number of rotatable bonds is 7. The van der Waals surface area contributed by atoms with Gasteiger partial charge in [0.05, 0.1) is 11.4 Å². The summed E-state index contributed by atoms with van der Waals surface area (Å²) in [7, 11) is 0. The number of anilines is 1. The fraction of sp³-hybridized carbons (Fsp3) is 0.381. The molecule has 0 unspecified atom stereocenters. The summed E-state index contributed by atoms with van der Waals surface area (Å²) < 4.78 is 61.0. The zero-order valence-corrected chi connectivity index (χ0v) is 19.1. The molecule has 3 aromatic rings. The van der Waals surface area contributed by atoms with Gasteiger partial charge in [0.2, 0.25) is 5.88 Å². The number of aryl methyl sites for hydroxylation is 2. The van der Waals surface area contributed by atoms with Gasteiger partial charge < -0.3 is 15.2 Å². The molecular formula is C21H22F4N6O4. The van der Waals surface area contributed by atoms with Gasteiger partial charge in [-0.15, -0.1) is 5.10 Å². The van der Waals surface area contributed by atoms with E-state index in [4.69, 9.17) is 4.74 Å². The minimum Gasteiger partial charge on any atom is -0.464 e. The molecule has 0 saturated carbocycles. The Morgan fingerprint density at radius 3 is 2.54 bits per heavy atom. The summed E-state index contributed by atoms with van der Waals surface area (Å²) >= 11 is 0. The third-order valence-electron chi connectivity index (χ3n) is 4.99. The smallest absolute Gasteiger partial charge is 0.425 e. The highest BCUT2D eigenvalue weighted by Crippen LogP contribution is 2.28. The van der Waals surface area contributed by atoms with Gasteiger partial charge in [-0.2, -0.15) is 22.8 Å². The van der Waals surface area contributed by atoms with E-state index < -0.39 is 53.6 Å². The Labute approximate surface area is 196 Å². The molecule has 0 aromatic carbocycles. The Morgan fingerprint density at radius 1 is 1.29 bits per heavy atom. The zero-order valence-electron chi connectivity index (χ0n) is 19.1. The van der Waals surface area contributed by atoms with Crippen LogP contribution in [0.2, 0.25) is 0 Å². The summed E-state index contributed by atoms with van der Waals surface area (Å²) in [6, 6.07) is 2.18. The number of nitrogens with zero attached hydrogens (tertiary/aromatic N) is 5. The molecule has 10 nitrogen and oxygen atoms in total. The molecule has 188 valence electrons. The number of aliphatic hydroxyl groups excluding tert-OH is 1.